The Kier molecular flexibility index (Phi) is 5.89. The highest BCUT2D eigenvalue weighted by Gasteiger charge is 2.14. The average Bonchev–Trinajstić information content (AvgIpc) is 3.46. The average molecular weight is 480 g/mol. The quantitative estimate of drug-likeness (QED) is 0.296. The van der Waals surface area contributed by atoms with Gasteiger partial charge in [-0.2, -0.15) is 0 Å². The summed E-state index contributed by atoms with van der Waals surface area (Å²) in [5.41, 5.74) is 2.62. The molecule has 0 bridgehead atoms. The van der Waals surface area contributed by atoms with Crippen molar-refractivity contribution < 1.29 is 4.74 Å². The molecule has 0 aliphatic carbocycles. The zero-order valence-electron chi connectivity index (χ0n) is 16.9. The van der Waals surface area contributed by atoms with Crippen LogP contribution in [0.25, 0.3) is 21.3 Å². The number of rotatable bonds is 7. The van der Waals surface area contributed by atoms with Crippen LogP contribution in [0.1, 0.15) is 5.82 Å². The maximum atomic E-state index is 12.8. The van der Waals surface area contributed by atoms with Crippen molar-refractivity contribution in [2.24, 2.45) is 0 Å². The van der Waals surface area contributed by atoms with Gasteiger partial charge in [0, 0.05) is 10.9 Å². The molecule has 5 rings (SSSR count). The molecule has 0 saturated heterocycles. The first kappa shape index (κ1) is 20.7. The van der Waals surface area contributed by atoms with E-state index in [0.717, 1.165) is 31.7 Å². The number of nitrogens with zero attached hydrogens (tertiary/aromatic N) is 3. The number of thioether (sulfide) groups is 1. The monoisotopic (exact) mass is 479 g/mol. The summed E-state index contributed by atoms with van der Waals surface area (Å²) < 4.78 is 6.13. The highest BCUT2D eigenvalue weighted by atomic mass is 32.2. The minimum Gasteiger partial charge on any atom is -0.495 e. The van der Waals surface area contributed by atoms with Crippen LogP contribution >= 0.6 is 34.4 Å². The molecular weight excluding hydrogens is 462 g/mol. The van der Waals surface area contributed by atoms with Crippen LogP contribution in [0.5, 0.6) is 5.75 Å². The summed E-state index contributed by atoms with van der Waals surface area (Å²) in [5.74, 6) is 1.84. The maximum absolute atomic E-state index is 12.8. The molecule has 0 amide bonds. The lowest BCUT2D eigenvalue weighted by atomic mass is 10.1. The van der Waals surface area contributed by atoms with E-state index in [1.165, 1.54) is 34.4 Å². The van der Waals surface area contributed by atoms with Gasteiger partial charge < -0.3 is 15.0 Å². The summed E-state index contributed by atoms with van der Waals surface area (Å²) in [6.07, 6.45) is 0. The number of aromatic amines is 1. The molecule has 3 heterocycles. The van der Waals surface area contributed by atoms with Gasteiger partial charge in [-0.25, -0.2) is 4.98 Å². The van der Waals surface area contributed by atoms with Gasteiger partial charge in [-0.3, -0.25) is 4.79 Å². The Labute approximate surface area is 195 Å². The number of ether oxygens (including phenoxy) is 1. The van der Waals surface area contributed by atoms with E-state index in [1.807, 2.05) is 60.0 Å². The second-order valence-electron chi connectivity index (χ2n) is 6.70. The predicted molar refractivity (Wildman–Crippen MR) is 131 cm³/mol. The summed E-state index contributed by atoms with van der Waals surface area (Å²) >= 11 is 4.39. The van der Waals surface area contributed by atoms with Gasteiger partial charge in [-0.1, -0.05) is 65.6 Å². The standard InChI is InChI=1S/C22H17N5O2S3/c1-29-16-10-6-5-9-15(16)23-21-26-27-22(32-21)31-12-17-24-19(28)18-14(11-30-20(18)25-17)13-7-3-2-4-8-13/h2-11H,12H2,1H3,(H,23,26)(H,24,25,28). The maximum Gasteiger partial charge on any atom is 0.260 e. The Balaban J connectivity index is 1.31. The minimum atomic E-state index is -0.124. The van der Waals surface area contributed by atoms with Crippen LogP contribution in [0.15, 0.2) is 69.1 Å². The molecule has 0 spiro atoms. The molecule has 0 radical (unpaired) electrons. The van der Waals surface area contributed by atoms with E-state index < -0.39 is 0 Å². The Bertz CT molecular complexity index is 1430. The fraction of sp³-hybridized carbons (Fsp3) is 0.0909. The number of methoxy groups -OCH3 is 1. The Morgan fingerprint density at radius 1 is 1.09 bits per heavy atom. The van der Waals surface area contributed by atoms with E-state index in [4.69, 9.17) is 4.74 Å². The predicted octanol–water partition coefficient (Wildman–Crippen LogP) is 5.55. The van der Waals surface area contributed by atoms with Gasteiger partial charge in [-0.15, -0.1) is 21.5 Å². The second-order valence-corrected chi connectivity index (χ2v) is 9.75. The molecule has 0 unspecified atom stereocenters. The van der Waals surface area contributed by atoms with Crippen molar-refractivity contribution in [1.29, 1.82) is 0 Å². The third-order valence-electron chi connectivity index (χ3n) is 4.67. The molecule has 3 aromatic heterocycles. The molecule has 32 heavy (non-hydrogen) atoms. The van der Waals surface area contributed by atoms with Crippen molar-refractivity contribution in [1.82, 2.24) is 20.2 Å². The molecule has 0 atom stereocenters. The van der Waals surface area contributed by atoms with Crippen molar-refractivity contribution in [2.45, 2.75) is 10.1 Å². The van der Waals surface area contributed by atoms with Crippen LogP contribution in [0.4, 0.5) is 10.8 Å². The van der Waals surface area contributed by atoms with E-state index in [0.29, 0.717) is 22.1 Å². The largest absolute Gasteiger partial charge is 0.495 e. The summed E-state index contributed by atoms with van der Waals surface area (Å²) in [7, 11) is 1.63. The van der Waals surface area contributed by atoms with Crippen LogP contribution in [-0.2, 0) is 5.75 Å². The van der Waals surface area contributed by atoms with Crippen LogP contribution < -0.4 is 15.6 Å². The van der Waals surface area contributed by atoms with E-state index in [-0.39, 0.29) is 5.56 Å². The van der Waals surface area contributed by atoms with E-state index in [9.17, 15) is 4.79 Å². The van der Waals surface area contributed by atoms with Crippen molar-refractivity contribution in [3.05, 3.63) is 76.2 Å². The summed E-state index contributed by atoms with van der Waals surface area (Å²) in [6, 6.07) is 17.5. The number of anilines is 2. The normalized spacial score (nSPS) is 11.0. The Morgan fingerprint density at radius 2 is 1.91 bits per heavy atom. The zero-order chi connectivity index (χ0) is 21.9. The van der Waals surface area contributed by atoms with E-state index in [2.05, 4.69) is 25.5 Å². The van der Waals surface area contributed by atoms with Crippen molar-refractivity contribution in [2.75, 3.05) is 12.4 Å². The molecule has 0 aliphatic heterocycles. The smallest absolute Gasteiger partial charge is 0.260 e. The number of hydrogen-bond donors (Lipinski definition) is 2. The molecular formula is C22H17N5O2S3. The topological polar surface area (TPSA) is 92.8 Å². The van der Waals surface area contributed by atoms with Crippen LogP contribution in [0.2, 0.25) is 0 Å². The first-order valence-corrected chi connectivity index (χ1v) is 12.3. The molecule has 2 aromatic carbocycles. The van der Waals surface area contributed by atoms with Gasteiger partial charge in [0.15, 0.2) is 4.34 Å². The van der Waals surface area contributed by atoms with Gasteiger partial charge >= 0.3 is 0 Å². The summed E-state index contributed by atoms with van der Waals surface area (Å²) in [6.45, 7) is 0. The number of benzene rings is 2. The first-order valence-electron chi connectivity index (χ1n) is 9.63. The fourth-order valence-corrected chi connectivity index (χ4v) is 5.81. The highest BCUT2D eigenvalue weighted by molar-refractivity contribution is 8.00. The number of fused-ring (bicyclic) bond motifs is 1. The third-order valence-corrected chi connectivity index (χ3v) is 7.52. The molecule has 5 aromatic rings. The summed E-state index contributed by atoms with van der Waals surface area (Å²) in [5, 5.41) is 14.9. The zero-order valence-corrected chi connectivity index (χ0v) is 19.3. The van der Waals surface area contributed by atoms with Gasteiger partial charge in [0.1, 0.15) is 16.4 Å². The number of H-pyrrole nitrogens is 1. The van der Waals surface area contributed by atoms with Gasteiger partial charge in [0.25, 0.3) is 5.56 Å². The first-order chi connectivity index (χ1) is 15.7. The fourth-order valence-electron chi connectivity index (χ4n) is 3.20. The number of para-hydroxylation sites is 2. The minimum absolute atomic E-state index is 0.124. The molecule has 0 saturated carbocycles. The van der Waals surface area contributed by atoms with Crippen LogP contribution in [0.3, 0.4) is 0 Å². The van der Waals surface area contributed by atoms with Gasteiger partial charge in [-0.05, 0) is 17.7 Å². The van der Waals surface area contributed by atoms with Crippen molar-refractivity contribution >= 4 is 55.5 Å². The molecule has 10 heteroatoms. The van der Waals surface area contributed by atoms with E-state index >= 15 is 0 Å². The van der Waals surface area contributed by atoms with Crippen molar-refractivity contribution in [3.8, 4) is 16.9 Å². The SMILES string of the molecule is COc1ccccc1Nc1nnc(SCc2nc3scc(-c4ccccc4)c3c(=O)[nH]2)s1. The molecule has 0 aliphatic rings. The van der Waals surface area contributed by atoms with Crippen LogP contribution in [0, 0.1) is 0 Å². The molecule has 2 N–H and O–H groups in total. The number of aromatic nitrogens is 4. The van der Waals surface area contributed by atoms with Gasteiger partial charge in [0.05, 0.1) is 23.9 Å². The highest BCUT2D eigenvalue weighted by Crippen LogP contribution is 2.33. The van der Waals surface area contributed by atoms with Crippen molar-refractivity contribution in [3.63, 3.8) is 0 Å². The van der Waals surface area contributed by atoms with Crippen LogP contribution in [-0.4, -0.2) is 27.3 Å². The molecule has 160 valence electrons. The third kappa shape index (κ3) is 4.24. The second kappa shape index (κ2) is 9.11. The lowest BCUT2D eigenvalue weighted by molar-refractivity contribution is 0.417. The molecule has 7 nitrogen and oxygen atoms in total. The van der Waals surface area contributed by atoms with E-state index in [1.54, 1.807) is 7.11 Å². The van der Waals surface area contributed by atoms with Gasteiger partial charge in [0.2, 0.25) is 5.13 Å². The molecule has 0 fully saturated rings. The summed E-state index contributed by atoms with van der Waals surface area (Å²) in [4.78, 5) is 21.1. The number of thiophene rings is 1. The lowest BCUT2D eigenvalue weighted by Crippen LogP contribution is -2.10. The number of nitrogens with one attached hydrogen (secondary N) is 2. The Hall–Kier alpha value is -3.21. The Morgan fingerprint density at radius 3 is 2.75 bits per heavy atom. The number of hydrogen-bond acceptors (Lipinski definition) is 9. The lowest BCUT2D eigenvalue weighted by Gasteiger charge is -2.07.